The number of nitrogens with zero attached hydrogens (tertiary/aromatic N) is 3. The Kier molecular flexibility index (Phi) is 15.9. The molecule has 3 aliphatic heterocycles. The van der Waals surface area contributed by atoms with Gasteiger partial charge in [-0.3, -0.25) is 29.0 Å². The quantitative estimate of drug-likeness (QED) is 0.0845. The zero-order valence-corrected chi connectivity index (χ0v) is 39.8. The maximum Gasteiger partial charge on any atom is 0.303 e. The number of carbonyl (C=O) groups is 5. The Morgan fingerprint density at radius 3 is 2.05 bits per heavy atom. The van der Waals surface area contributed by atoms with Crippen molar-refractivity contribution in [1.29, 1.82) is 0 Å². The van der Waals surface area contributed by atoms with Crippen molar-refractivity contribution in [2.24, 2.45) is 0 Å². The van der Waals surface area contributed by atoms with Crippen LogP contribution in [0, 0.1) is 20.8 Å². The van der Waals surface area contributed by atoms with E-state index in [1.165, 1.54) is 12.5 Å². The van der Waals surface area contributed by atoms with E-state index in [9.17, 15) is 29.1 Å². The van der Waals surface area contributed by atoms with Crippen molar-refractivity contribution in [1.82, 2.24) is 24.8 Å². The highest BCUT2D eigenvalue weighted by Crippen LogP contribution is 2.42. The van der Waals surface area contributed by atoms with Crippen LogP contribution < -0.4 is 0 Å². The van der Waals surface area contributed by atoms with Crippen LogP contribution >= 0.6 is 0 Å². The van der Waals surface area contributed by atoms with Gasteiger partial charge in [0.05, 0.1) is 24.6 Å². The molecule has 8 bridgehead atoms. The van der Waals surface area contributed by atoms with Crippen LogP contribution in [-0.2, 0) is 65.4 Å². The fourth-order valence-electron chi connectivity index (χ4n) is 9.08. The predicted molar refractivity (Wildman–Crippen MR) is 245 cm³/mol. The minimum absolute atomic E-state index is 0.0234. The summed E-state index contributed by atoms with van der Waals surface area (Å²) in [4.78, 5) is 81.2. The van der Waals surface area contributed by atoms with E-state index >= 15 is 0 Å². The maximum atomic E-state index is 13.8. The van der Waals surface area contributed by atoms with Crippen molar-refractivity contribution < 1.29 is 57.5 Å². The number of aliphatic hydroxyl groups is 1. The Morgan fingerprint density at radius 2 is 1.41 bits per heavy atom. The first kappa shape index (κ1) is 49.5. The second kappa shape index (κ2) is 21.2. The SMILES string of the molecule is CCc1c(C)c2cc3[nH]c(cc4nc(c(C)c5nc(cc1[nH]2)C(C)=C5)[C@@H](CCC(=O)N(C)CCCO[C@@H]1O[C@H](COC(C)=O)[C@@H](OC(C)=O)[C@H](OC(C)=O)[C@H]1OC(C)=O)[C@@H]4C)c(C)c3CO. The average molecular weight is 914 g/mol. The second-order valence-electron chi connectivity index (χ2n) is 17.4. The molecule has 1 saturated heterocycles. The molecule has 17 heteroatoms. The van der Waals surface area contributed by atoms with Crippen LogP contribution in [0.3, 0.4) is 0 Å². The lowest BCUT2D eigenvalue weighted by Gasteiger charge is -2.44. The van der Waals surface area contributed by atoms with Crippen LogP contribution in [0.25, 0.3) is 33.7 Å². The van der Waals surface area contributed by atoms with Crippen molar-refractivity contribution in [2.45, 2.75) is 144 Å². The van der Waals surface area contributed by atoms with E-state index in [2.05, 4.69) is 61.9 Å². The van der Waals surface area contributed by atoms with Gasteiger partial charge in [-0.2, -0.15) is 0 Å². The molecule has 0 aliphatic carbocycles. The molecular weight excluding hydrogens is 851 g/mol. The van der Waals surface area contributed by atoms with Gasteiger partial charge in [0, 0.05) is 98.6 Å². The third-order valence-corrected chi connectivity index (χ3v) is 12.7. The average Bonchev–Trinajstić information content (AvgIpc) is 3.96. The van der Waals surface area contributed by atoms with Gasteiger partial charge < -0.3 is 48.4 Å². The number of H-pyrrole nitrogens is 2. The van der Waals surface area contributed by atoms with Crippen LogP contribution in [0.5, 0.6) is 0 Å². The van der Waals surface area contributed by atoms with Crippen LogP contribution in [0.15, 0.2) is 18.2 Å². The van der Waals surface area contributed by atoms with Crippen LogP contribution in [0.2, 0.25) is 0 Å². The normalized spacial score (nSPS) is 21.5. The van der Waals surface area contributed by atoms with Crippen molar-refractivity contribution in [3.8, 4) is 0 Å². The van der Waals surface area contributed by atoms with Gasteiger partial charge in [-0.25, -0.2) is 4.98 Å². The number of fused-ring (bicyclic) bond motifs is 8. The number of hydrogen-bond donors (Lipinski definition) is 3. The molecule has 6 heterocycles. The third-order valence-electron chi connectivity index (χ3n) is 12.7. The monoisotopic (exact) mass is 913 g/mol. The zero-order chi connectivity index (χ0) is 48.1. The topological polar surface area (TPSA) is 222 Å². The summed E-state index contributed by atoms with van der Waals surface area (Å²) < 4.78 is 33.7. The summed E-state index contributed by atoms with van der Waals surface area (Å²) in [5.41, 5.74) is 13.2. The first-order valence-corrected chi connectivity index (χ1v) is 22.5. The Bertz CT molecular complexity index is 2560. The Morgan fingerprint density at radius 1 is 0.788 bits per heavy atom. The summed E-state index contributed by atoms with van der Waals surface area (Å²) >= 11 is 0. The molecule has 3 N–H and O–H groups in total. The van der Waals surface area contributed by atoms with Crippen LogP contribution in [-0.4, -0.2) is 117 Å². The molecular formula is C49H63N5O12. The number of ether oxygens (including phenoxy) is 6. The third kappa shape index (κ3) is 11.0. The van der Waals surface area contributed by atoms with Crippen molar-refractivity contribution in [3.05, 3.63) is 68.8 Å². The van der Waals surface area contributed by atoms with Crippen molar-refractivity contribution in [2.75, 3.05) is 26.8 Å². The molecule has 1 fully saturated rings. The molecule has 0 aromatic carbocycles. The molecule has 3 aliphatic rings. The summed E-state index contributed by atoms with van der Waals surface area (Å²) in [6, 6.07) is 6.22. The van der Waals surface area contributed by atoms with Gasteiger partial charge in [0.2, 0.25) is 5.91 Å². The number of amides is 1. The molecule has 0 radical (unpaired) electrons. The number of aryl methyl sites for hydroxylation is 3. The molecule has 17 nitrogen and oxygen atoms in total. The number of carbonyl (C=O) groups excluding carboxylic acids is 5. The summed E-state index contributed by atoms with van der Waals surface area (Å²) in [6.45, 7) is 17.0. The highest BCUT2D eigenvalue weighted by Gasteiger charge is 2.52. The summed E-state index contributed by atoms with van der Waals surface area (Å²) in [5.74, 6) is -3.07. The van der Waals surface area contributed by atoms with Gasteiger partial charge in [0.15, 0.2) is 24.6 Å². The second-order valence-corrected chi connectivity index (χ2v) is 17.4. The highest BCUT2D eigenvalue weighted by atomic mass is 16.7. The largest absolute Gasteiger partial charge is 0.463 e. The summed E-state index contributed by atoms with van der Waals surface area (Å²) in [6.07, 6.45) is -2.41. The fourth-order valence-corrected chi connectivity index (χ4v) is 9.08. The first-order valence-electron chi connectivity index (χ1n) is 22.5. The molecule has 0 unspecified atom stereocenters. The lowest BCUT2D eigenvalue weighted by Crippen LogP contribution is -2.63. The number of aliphatic hydroxyl groups excluding tert-OH is 1. The van der Waals surface area contributed by atoms with E-state index in [1.807, 2.05) is 13.8 Å². The maximum absolute atomic E-state index is 13.8. The summed E-state index contributed by atoms with van der Waals surface area (Å²) in [7, 11) is 1.72. The van der Waals surface area contributed by atoms with Gasteiger partial charge >= 0.3 is 23.9 Å². The Labute approximate surface area is 384 Å². The van der Waals surface area contributed by atoms with Gasteiger partial charge in [0.1, 0.15) is 12.7 Å². The van der Waals surface area contributed by atoms with Gasteiger partial charge in [-0.15, -0.1) is 0 Å². The molecule has 1 amide bonds. The van der Waals surface area contributed by atoms with E-state index in [1.54, 1.807) is 11.9 Å². The van der Waals surface area contributed by atoms with Crippen molar-refractivity contribution in [3.63, 3.8) is 0 Å². The van der Waals surface area contributed by atoms with E-state index in [-0.39, 0.29) is 44.0 Å². The Hall–Kier alpha value is -5.91. The molecule has 356 valence electrons. The number of esters is 4. The molecule has 0 spiro atoms. The minimum Gasteiger partial charge on any atom is -0.463 e. The number of aromatic nitrogens is 4. The predicted octanol–water partition coefficient (Wildman–Crippen LogP) is 6.47. The minimum atomic E-state index is -1.35. The fraction of sp³-hybridized carbons (Fsp3) is 0.531. The van der Waals surface area contributed by atoms with Crippen LogP contribution in [0.4, 0.5) is 0 Å². The van der Waals surface area contributed by atoms with Crippen LogP contribution in [0.1, 0.15) is 130 Å². The zero-order valence-electron chi connectivity index (χ0n) is 39.8. The van der Waals surface area contributed by atoms with Gasteiger partial charge in [-0.1, -0.05) is 13.8 Å². The molecule has 7 atom stereocenters. The first-order chi connectivity index (χ1) is 31.3. The smallest absolute Gasteiger partial charge is 0.303 e. The molecule has 6 rings (SSSR count). The van der Waals surface area contributed by atoms with Gasteiger partial charge in [-0.05, 0) is 99.1 Å². The van der Waals surface area contributed by atoms with Gasteiger partial charge in [0.25, 0.3) is 0 Å². The van der Waals surface area contributed by atoms with Crippen molar-refractivity contribution >= 4 is 63.5 Å². The molecule has 0 saturated carbocycles. The van der Waals surface area contributed by atoms with E-state index in [4.69, 9.17) is 38.4 Å². The number of allylic oxidation sites excluding steroid dienone is 1. The molecule has 3 aromatic heterocycles. The number of aromatic amines is 2. The highest BCUT2D eigenvalue weighted by molar-refractivity contribution is 5.85. The van der Waals surface area contributed by atoms with E-state index in [0.717, 1.165) is 99.9 Å². The van der Waals surface area contributed by atoms with E-state index in [0.29, 0.717) is 19.4 Å². The summed E-state index contributed by atoms with van der Waals surface area (Å²) in [5, 5.41) is 10.5. The lowest BCUT2D eigenvalue weighted by atomic mass is 9.85. The lowest BCUT2D eigenvalue weighted by molar-refractivity contribution is -0.308. The number of nitrogens with one attached hydrogen (secondary N) is 2. The number of hydrogen-bond acceptors (Lipinski definition) is 14. The number of rotatable bonds is 15. The van der Waals surface area contributed by atoms with E-state index < -0.39 is 54.6 Å². The Balaban J connectivity index is 1.21. The standard InChI is InChI=1S/C49H63N5O12/c1-12-33-25(3)39-21-42-35(22-55)27(5)38(52-42)20-40-26(4)34(45(53-40)28(6)37-18-24(2)36(50-37)19-41(33)51-39)14-15-44(60)54(11)16-13-17-61-49-48(65-32(10)59)47(64-31(9)58)46(63-30(8)57)43(66-49)23-62-29(7)56/h18-21,26,34,43,46-49,51-52,55H,12-17,22-23H2,1-11H3/t26-,34-,43+,46+,47-,48+,49+/m0/s1. The molecule has 3 aromatic rings. The molecule has 66 heavy (non-hydrogen) atoms.